The number of hydrogen-bond donors (Lipinski definition) is 2. The van der Waals surface area contributed by atoms with Gasteiger partial charge >= 0.3 is 0 Å². The van der Waals surface area contributed by atoms with Gasteiger partial charge in [0, 0.05) is 58.1 Å². The van der Waals surface area contributed by atoms with Crippen LogP contribution in [0.15, 0.2) is 29.3 Å². The predicted octanol–water partition coefficient (Wildman–Crippen LogP) is 3.21. The molecule has 1 fully saturated rings. The lowest BCUT2D eigenvalue weighted by Gasteiger charge is -2.27. The first-order valence-corrected chi connectivity index (χ1v) is 10.1. The highest BCUT2D eigenvalue weighted by molar-refractivity contribution is 5.93. The first kappa shape index (κ1) is 21.5. The van der Waals surface area contributed by atoms with Crippen LogP contribution in [0.2, 0.25) is 0 Å². The summed E-state index contributed by atoms with van der Waals surface area (Å²) in [5.41, 5.74) is 0.970. The van der Waals surface area contributed by atoms with Crippen LogP contribution < -0.4 is 15.4 Å². The van der Waals surface area contributed by atoms with Crippen molar-refractivity contribution >= 4 is 11.6 Å². The molecule has 1 heterocycles. The third kappa shape index (κ3) is 7.77. The van der Waals surface area contributed by atoms with E-state index in [0.29, 0.717) is 25.2 Å². The van der Waals surface area contributed by atoms with E-state index >= 15 is 0 Å². The van der Waals surface area contributed by atoms with E-state index in [0.717, 1.165) is 30.4 Å². The molecule has 1 saturated heterocycles. The van der Waals surface area contributed by atoms with Crippen LogP contribution in [0.4, 0.5) is 5.69 Å². The Labute approximate surface area is 164 Å². The zero-order valence-electron chi connectivity index (χ0n) is 17.3. The van der Waals surface area contributed by atoms with E-state index in [1.165, 1.54) is 25.9 Å². The van der Waals surface area contributed by atoms with Crippen LogP contribution in [0.5, 0.6) is 5.75 Å². The molecule has 2 N–H and O–H groups in total. The fourth-order valence-electron chi connectivity index (χ4n) is 3.42. The highest BCUT2D eigenvalue weighted by Crippen LogP contribution is 2.19. The number of benzene rings is 1. The molecule has 0 aliphatic carbocycles. The van der Waals surface area contributed by atoms with E-state index in [2.05, 4.69) is 34.4 Å². The Morgan fingerprint density at radius 1 is 1.33 bits per heavy atom. The van der Waals surface area contributed by atoms with E-state index in [1.807, 2.05) is 24.3 Å². The summed E-state index contributed by atoms with van der Waals surface area (Å²) in [4.78, 5) is 6.96. The zero-order chi connectivity index (χ0) is 19.5. The van der Waals surface area contributed by atoms with Gasteiger partial charge < -0.3 is 20.1 Å². The van der Waals surface area contributed by atoms with Crippen LogP contribution in [0.1, 0.15) is 33.1 Å². The molecule has 1 atom stereocenters. The molecule has 0 spiro atoms. The third-order valence-electron chi connectivity index (χ3n) is 4.69. The molecule has 6 heteroatoms. The van der Waals surface area contributed by atoms with Gasteiger partial charge in [0.15, 0.2) is 5.96 Å². The molecule has 0 unspecified atom stereocenters. The van der Waals surface area contributed by atoms with Crippen molar-refractivity contribution in [3.8, 4) is 5.75 Å². The van der Waals surface area contributed by atoms with Crippen molar-refractivity contribution in [3.05, 3.63) is 24.3 Å². The van der Waals surface area contributed by atoms with Crippen molar-refractivity contribution in [1.29, 1.82) is 0 Å². The zero-order valence-corrected chi connectivity index (χ0v) is 17.3. The molecule has 1 aliphatic rings. The molecule has 0 amide bonds. The Hall–Kier alpha value is -1.79. The van der Waals surface area contributed by atoms with E-state index in [4.69, 9.17) is 9.47 Å². The summed E-state index contributed by atoms with van der Waals surface area (Å²) in [5.74, 6) is 2.35. The number of nitrogens with one attached hydrogen (secondary N) is 2. The van der Waals surface area contributed by atoms with Crippen LogP contribution in [0, 0.1) is 5.92 Å². The van der Waals surface area contributed by atoms with Gasteiger partial charge in [-0.25, -0.2) is 0 Å². The maximum atomic E-state index is 5.77. The van der Waals surface area contributed by atoms with Gasteiger partial charge in [-0.05, 0) is 37.4 Å². The first-order valence-electron chi connectivity index (χ1n) is 10.1. The van der Waals surface area contributed by atoms with Gasteiger partial charge in [-0.3, -0.25) is 9.89 Å². The Bertz CT molecular complexity index is 577. The molecular weight excluding hydrogens is 340 g/mol. The highest BCUT2D eigenvalue weighted by atomic mass is 16.5. The summed E-state index contributed by atoms with van der Waals surface area (Å²) >= 11 is 0. The second kappa shape index (κ2) is 11.8. The van der Waals surface area contributed by atoms with E-state index in [9.17, 15) is 0 Å². The molecule has 0 saturated carbocycles. The number of aliphatic imine (C=N–C) groups is 1. The SMILES string of the molecule is CN=C(NC[C@H]1CCCN1CC(C)C)Nc1cccc(OCCCOC)c1. The van der Waals surface area contributed by atoms with Gasteiger partial charge in [-0.15, -0.1) is 0 Å². The Morgan fingerprint density at radius 2 is 2.19 bits per heavy atom. The summed E-state index contributed by atoms with van der Waals surface area (Å²) in [5, 5.41) is 6.85. The molecule has 0 radical (unpaired) electrons. The van der Waals surface area contributed by atoms with Crippen molar-refractivity contribution in [2.24, 2.45) is 10.9 Å². The molecule has 2 rings (SSSR count). The second-order valence-corrected chi connectivity index (χ2v) is 7.49. The Morgan fingerprint density at radius 3 is 2.93 bits per heavy atom. The van der Waals surface area contributed by atoms with Crippen molar-refractivity contribution in [1.82, 2.24) is 10.2 Å². The van der Waals surface area contributed by atoms with E-state index in [1.54, 1.807) is 14.2 Å². The van der Waals surface area contributed by atoms with E-state index in [-0.39, 0.29) is 0 Å². The second-order valence-electron chi connectivity index (χ2n) is 7.49. The average molecular weight is 377 g/mol. The summed E-state index contributed by atoms with van der Waals surface area (Å²) in [6, 6.07) is 8.57. The van der Waals surface area contributed by atoms with Crippen LogP contribution in [-0.2, 0) is 4.74 Å². The molecule has 27 heavy (non-hydrogen) atoms. The number of methoxy groups -OCH3 is 1. The summed E-state index contributed by atoms with van der Waals surface area (Å²) in [6.45, 7) is 9.22. The number of likely N-dealkylation sites (tertiary alicyclic amines) is 1. The quantitative estimate of drug-likeness (QED) is 0.373. The van der Waals surface area contributed by atoms with Crippen LogP contribution in [-0.4, -0.2) is 63.9 Å². The summed E-state index contributed by atoms with van der Waals surface area (Å²) in [7, 11) is 3.51. The van der Waals surface area contributed by atoms with Crippen LogP contribution in [0.3, 0.4) is 0 Å². The maximum Gasteiger partial charge on any atom is 0.195 e. The van der Waals surface area contributed by atoms with Gasteiger partial charge in [0.05, 0.1) is 6.61 Å². The number of rotatable bonds is 10. The van der Waals surface area contributed by atoms with Crippen molar-refractivity contribution < 1.29 is 9.47 Å². The molecular formula is C21H36N4O2. The molecule has 1 aromatic rings. The highest BCUT2D eigenvalue weighted by Gasteiger charge is 2.24. The fourth-order valence-corrected chi connectivity index (χ4v) is 3.42. The van der Waals surface area contributed by atoms with E-state index < -0.39 is 0 Å². The fraction of sp³-hybridized carbons (Fsp3) is 0.667. The monoisotopic (exact) mass is 376 g/mol. The van der Waals surface area contributed by atoms with Crippen LogP contribution in [0.25, 0.3) is 0 Å². The number of guanidine groups is 1. The lowest BCUT2D eigenvalue weighted by molar-refractivity contribution is 0.172. The number of ether oxygens (including phenoxy) is 2. The van der Waals surface area contributed by atoms with Gasteiger partial charge in [0.1, 0.15) is 5.75 Å². The molecule has 1 aromatic carbocycles. The Balaban J connectivity index is 1.82. The van der Waals surface area contributed by atoms with Crippen molar-refractivity contribution in [2.45, 2.75) is 39.2 Å². The minimum absolute atomic E-state index is 0.585. The smallest absolute Gasteiger partial charge is 0.195 e. The number of anilines is 1. The lowest BCUT2D eigenvalue weighted by Crippen LogP contribution is -2.43. The molecule has 0 bridgehead atoms. The summed E-state index contributed by atoms with van der Waals surface area (Å²) < 4.78 is 10.8. The molecule has 152 valence electrons. The van der Waals surface area contributed by atoms with Crippen molar-refractivity contribution in [3.63, 3.8) is 0 Å². The van der Waals surface area contributed by atoms with Gasteiger partial charge in [0.25, 0.3) is 0 Å². The number of nitrogens with zero attached hydrogens (tertiary/aromatic N) is 2. The normalized spacial score (nSPS) is 18.1. The first-order chi connectivity index (χ1) is 13.1. The van der Waals surface area contributed by atoms with Crippen molar-refractivity contribution in [2.75, 3.05) is 52.3 Å². The molecule has 6 nitrogen and oxygen atoms in total. The predicted molar refractivity (Wildman–Crippen MR) is 113 cm³/mol. The number of hydrogen-bond acceptors (Lipinski definition) is 4. The topological polar surface area (TPSA) is 58.1 Å². The van der Waals surface area contributed by atoms with Gasteiger partial charge in [0.2, 0.25) is 0 Å². The average Bonchev–Trinajstić information content (AvgIpc) is 3.09. The van der Waals surface area contributed by atoms with Gasteiger partial charge in [-0.2, -0.15) is 0 Å². The Kier molecular flexibility index (Phi) is 9.42. The maximum absolute atomic E-state index is 5.77. The lowest BCUT2D eigenvalue weighted by atomic mass is 10.1. The largest absolute Gasteiger partial charge is 0.493 e. The molecule has 1 aliphatic heterocycles. The standard InChI is InChI=1S/C21H36N4O2/c1-17(2)16-25-11-6-9-19(25)15-23-21(22-3)24-18-8-5-10-20(14-18)27-13-7-12-26-4/h5,8,10,14,17,19H,6-7,9,11-13,15-16H2,1-4H3,(H2,22,23,24)/t19-/m1/s1. The minimum atomic E-state index is 0.585. The third-order valence-corrected chi connectivity index (χ3v) is 4.69. The summed E-state index contributed by atoms with van der Waals surface area (Å²) in [6.07, 6.45) is 3.42. The molecule has 0 aromatic heterocycles. The van der Waals surface area contributed by atoms with Gasteiger partial charge in [-0.1, -0.05) is 19.9 Å². The van der Waals surface area contributed by atoms with Crippen LogP contribution >= 0.6 is 0 Å². The minimum Gasteiger partial charge on any atom is -0.493 e.